The van der Waals surface area contributed by atoms with Gasteiger partial charge in [-0.15, -0.1) is 0 Å². The number of aromatic nitrogens is 3. The van der Waals surface area contributed by atoms with Crippen LogP contribution >= 0.6 is 0 Å². The van der Waals surface area contributed by atoms with Crippen LogP contribution in [0, 0.1) is 12.8 Å². The average molecular weight is 329 g/mol. The molecule has 7 nitrogen and oxygen atoms in total. The second kappa shape index (κ2) is 7.72. The van der Waals surface area contributed by atoms with E-state index in [9.17, 15) is 9.59 Å². The van der Waals surface area contributed by atoms with Gasteiger partial charge in [-0.2, -0.15) is 5.10 Å². The molecule has 2 aromatic rings. The predicted octanol–water partition coefficient (Wildman–Crippen LogP) is 1.67. The van der Waals surface area contributed by atoms with Gasteiger partial charge in [0.15, 0.2) is 5.82 Å². The molecule has 0 bridgehead atoms. The van der Waals surface area contributed by atoms with Crippen LogP contribution < -0.4 is 10.6 Å². The zero-order valence-corrected chi connectivity index (χ0v) is 14.4. The second-order valence-corrected chi connectivity index (χ2v) is 6.10. The molecular formula is C17H23N5O2. The molecule has 0 saturated heterocycles. The van der Waals surface area contributed by atoms with Crippen LogP contribution in [0.15, 0.2) is 24.3 Å². The van der Waals surface area contributed by atoms with E-state index in [1.54, 1.807) is 25.2 Å². The number of rotatable bonds is 6. The Bertz CT molecular complexity index is 723. The Balaban J connectivity index is 2.18. The van der Waals surface area contributed by atoms with Gasteiger partial charge in [0.2, 0.25) is 5.91 Å². The van der Waals surface area contributed by atoms with Crippen molar-refractivity contribution in [3.05, 3.63) is 35.7 Å². The third-order valence-electron chi connectivity index (χ3n) is 3.56. The third-order valence-corrected chi connectivity index (χ3v) is 3.56. The van der Waals surface area contributed by atoms with Crippen molar-refractivity contribution in [2.45, 2.75) is 33.2 Å². The monoisotopic (exact) mass is 329 g/mol. The first kappa shape index (κ1) is 17.7. The van der Waals surface area contributed by atoms with Crippen molar-refractivity contribution in [3.63, 3.8) is 0 Å². The second-order valence-electron chi connectivity index (χ2n) is 6.10. The molecule has 2 amide bonds. The highest BCUT2D eigenvalue weighted by Gasteiger charge is 2.21. The van der Waals surface area contributed by atoms with Gasteiger partial charge in [-0.25, -0.2) is 4.98 Å². The van der Waals surface area contributed by atoms with Crippen LogP contribution in [0.1, 0.15) is 36.5 Å². The van der Waals surface area contributed by atoms with Crippen LogP contribution in [0.4, 0.5) is 0 Å². The number of likely N-dealkylation sites (N-methyl/N-ethyl adjacent to an activating group) is 1. The molecule has 2 rings (SSSR count). The van der Waals surface area contributed by atoms with Crippen molar-refractivity contribution in [1.82, 2.24) is 25.8 Å². The molecular weight excluding hydrogens is 306 g/mol. The minimum atomic E-state index is -0.558. The highest BCUT2D eigenvalue weighted by molar-refractivity contribution is 5.98. The average Bonchev–Trinajstić information content (AvgIpc) is 2.99. The smallest absolute Gasteiger partial charge is 0.251 e. The number of carbonyl (C=O) groups is 2. The first-order valence-corrected chi connectivity index (χ1v) is 7.92. The molecule has 0 aliphatic rings. The number of benzene rings is 1. The summed E-state index contributed by atoms with van der Waals surface area (Å²) < 4.78 is 0. The van der Waals surface area contributed by atoms with Crippen molar-refractivity contribution in [3.8, 4) is 11.4 Å². The van der Waals surface area contributed by atoms with Crippen LogP contribution in [0.2, 0.25) is 0 Å². The number of aromatic amines is 1. The maximum absolute atomic E-state index is 12.5. The summed E-state index contributed by atoms with van der Waals surface area (Å²) in [7, 11) is 1.56. The lowest BCUT2D eigenvalue weighted by molar-refractivity contribution is -0.122. The Hall–Kier alpha value is -2.70. The van der Waals surface area contributed by atoms with Crippen LogP contribution in [0.25, 0.3) is 11.4 Å². The highest BCUT2D eigenvalue weighted by Crippen LogP contribution is 2.16. The molecule has 0 saturated carbocycles. The van der Waals surface area contributed by atoms with Gasteiger partial charge in [0.05, 0.1) is 0 Å². The first-order chi connectivity index (χ1) is 11.4. The fourth-order valence-corrected chi connectivity index (χ4v) is 2.39. The summed E-state index contributed by atoms with van der Waals surface area (Å²) in [6, 6.07) is 6.47. The zero-order valence-electron chi connectivity index (χ0n) is 14.4. The Morgan fingerprint density at radius 3 is 2.62 bits per heavy atom. The quantitative estimate of drug-likeness (QED) is 0.750. The number of hydrogen-bond donors (Lipinski definition) is 3. The van der Waals surface area contributed by atoms with Crippen molar-refractivity contribution in [1.29, 1.82) is 0 Å². The molecule has 3 N–H and O–H groups in total. The Morgan fingerprint density at radius 2 is 2.04 bits per heavy atom. The Morgan fingerprint density at radius 1 is 1.29 bits per heavy atom. The Labute approximate surface area is 141 Å². The molecule has 1 atom stereocenters. The standard InChI is InChI=1S/C17H23N5O2/c1-10(2)8-14(17(24)18-4)20-16(23)13-7-5-6-12(9-13)15-19-11(3)21-22-15/h5-7,9-10,14H,8H2,1-4H3,(H,18,24)(H,20,23)(H,19,21,22)/t14-/m0/s1. The van der Waals surface area contributed by atoms with E-state index < -0.39 is 6.04 Å². The van der Waals surface area contributed by atoms with Crippen molar-refractivity contribution in [2.24, 2.45) is 5.92 Å². The van der Waals surface area contributed by atoms with Gasteiger partial charge in [0, 0.05) is 18.2 Å². The minimum absolute atomic E-state index is 0.196. The van der Waals surface area contributed by atoms with E-state index in [1.807, 2.05) is 26.8 Å². The van der Waals surface area contributed by atoms with E-state index in [0.717, 1.165) is 5.56 Å². The van der Waals surface area contributed by atoms with E-state index in [2.05, 4.69) is 25.8 Å². The van der Waals surface area contributed by atoms with Crippen LogP contribution in [-0.2, 0) is 4.79 Å². The molecule has 128 valence electrons. The molecule has 0 aliphatic carbocycles. The summed E-state index contributed by atoms with van der Waals surface area (Å²) >= 11 is 0. The minimum Gasteiger partial charge on any atom is -0.357 e. The summed E-state index contributed by atoms with van der Waals surface area (Å²) in [5.74, 6) is 1.04. The molecule has 0 unspecified atom stereocenters. The number of nitrogens with zero attached hydrogens (tertiary/aromatic N) is 2. The summed E-state index contributed by atoms with van der Waals surface area (Å²) in [6.45, 7) is 5.83. The zero-order chi connectivity index (χ0) is 17.7. The molecule has 0 radical (unpaired) electrons. The first-order valence-electron chi connectivity index (χ1n) is 7.92. The van der Waals surface area contributed by atoms with Crippen molar-refractivity contribution in [2.75, 3.05) is 7.05 Å². The lowest BCUT2D eigenvalue weighted by Crippen LogP contribution is -2.46. The summed E-state index contributed by atoms with van der Waals surface area (Å²) in [6.07, 6.45) is 0.575. The topological polar surface area (TPSA) is 99.8 Å². The van der Waals surface area contributed by atoms with Crippen molar-refractivity contribution >= 4 is 11.8 Å². The number of carbonyl (C=O) groups excluding carboxylic acids is 2. The number of H-pyrrole nitrogens is 1. The van der Waals surface area contributed by atoms with Gasteiger partial charge in [0.25, 0.3) is 5.91 Å². The number of aryl methyl sites for hydroxylation is 1. The lowest BCUT2D eigenvalue weighted by Gasteiger charge is -2.19. The van der Waals surface area contributed by atoms with Crippen LogP contribution in [0.3, 0.4) is 0 Å². The molecule has 1 heterocycles. The lowest BCUT2D eigenvalue weighted by atomic mass is 10.0. The van der Waals surface area contributed by atoms with E-state index >= 15 is 0 Å². The van der Waals surface area contributed by atoms with Gasteiger partial charge in [-0.05, 0) is 31.4 Å². The summed E-state index contributed by atoms with van der Waals surface area (Å²) in [5.41, 5.74) is 1.21. The largest absolute Gasteiger partial charge is 0.357 e. The van der Waals surface area contributed by atoms with E-state index in [4.69, 9.17) is 0 Å². The van der Waals surface area contributed by atoms with Gasteiger partial charge in [-0.1, -0.05) is 26.0 Å². The fraction of sp³-hybridized carbons (Fsp3) is 0.412. The molecule has 0 spiro atoms. The summed E-state index contributed by atoms with van der Waals surface area (Å²) in [5, 5.41) is 12.3. The molecule has 24 heavy (non-hydrogen) atoms. The Kier molecular flexibility index (Phi) is 5.68. The fourth-order valence-electron chi connectivity index (χ4n) is 2.39. The molecule has 0 aliphatic heterocycles. The van der Waals surface area contributed by atoms with E-state index in [-0.39, 0.29) is 17.7 Å². The van der Waals surface area contributed by atoms with Gasteiger partial charge >= 0.3 is 0 Å². The van der Waals surface area contributed by atoms with E-state index in [0.29, 0.717) is 23.6 Å². The maximum atomic E-state index is 12.5. The van der Waals surface area contributed by atoms with Crippen molar-refractivity contribution < 1.29 is 9.59 Å². The highest BCUT2D eigenvalue weighted by atomic mass is 16.2. The maximum Gasteiger partial charge on any atom is 0.251 e. The molecule has 0 fully saturated rings. The normalized spacial score (nSPS) is 12.0. The molecule has 1 aromatic carbocycles. The number of hydrogen-bond acceptors (Lipinski definition) is 4. The predicted molar refractivity (Wildman–Crippen MR) is 91.3 cm³/mol. The number of nitrogens with one attached hydrogen (secondary N) is 3. The molecule has 7 heteroatoms. The molecule has 1 aromatic heterocycles. The van der Waals surface area contributed by atoms with Gasteiger partial charge in [0.1, 0.15) is 11.9 Å². The van der Waals surface area contributed by atoms with Crippen LogP contribution in [0.5, 0.6) is 0 Å². The van der Waals surface area contributed by atoms with Gasteiger partial charge < -0.3 is 10.6 Å². The SMILES string of the molecule is CNC(=O)[C@H](CC(C)C)NC(=O)c1cccc(-c2n[nH]c(C)n2)c1. The van der Waals surface area contributed by atoms with E-state index in [1.165, 1.54) is 0 Å². The van der Waals surface area contributed by atoms with Crippen LogP contribution in [-0.4, -0.2) is 40.1 Å². The number of amides is 2. The third kappa shape index (κ3) is 4.41. The van der Waals surface area contributed by atoms with Gasteiger partial charge in [-0.3, -0.25) is 14.7 Å². The summed E-state index contributed by atoms with van der Waals surface area (Å²) in [4.78, 5) is 28.7.